The van der Waals surface area contributed by atoms with Crippen LogP contribution in [-0.4, -0.2) is 23.2 Å². The molecular weight excluding hydrogens is 398 g/mol. The molecule has 0 bridgehead atoms. The number of anilines is 2. The maximum Gasteiger partial charge on any atom is 0.340 e. The monoisotopic (exact) mass is 412 g/mol. The van der Waals surface area contributed by atoms with Crippen molar-refractivity contribution >= 4 is 17.3 Å². The second-order valence-electron chi connectivity index (χ2n) is 6.92. The van der Waals surface area contributed by atoms with E-state index < -0.39 is 40.4 Å². The molecule has 0 radical (unpaired) electrons. The first-order valence-electron chi connectivity index (χ1n) is 8.87. The van der Waals surface area contributed by atoms with Gasteiger partial charge < -0.3 is 30.7 Å². The highest BCUT2D eigenvalue weighted by atomic mass is 19.1. The Morgan fingerprint density at radius 3 is 2.33 bits per heavy atom. The Labute approximate surface area is 168 Å². The topological polar surface area (TPSA) is 114 Å². The molecule has 1 atom stereocenters. The van der Waals surface area contributed by atoms with E-state index in [4.69, 9.17) is 15.2 Å². The van der Waals surface area contributed by atoms with Crippen molar-refractivity contribution in [2.24, 2.45) is 0 Å². The largest absolute Gasteiger partial charge is 0.503 e. The van der Waals surface area contributed by atoms with E-state index in [0.717, 1.165) is 12.1 Å². The van der Waals surface area contributed by atoms with Crippen LogP contribution in [0.15, 0.2) is 36.4 Å². The molecule has 0 saturated carbocycles. The normalized spacial score (nSPS) is 18.3. The van der Waals surface area contributed by atoms with Gasteiger partial charge in [0.25, 0.3) is 0 Å². The lowest BCUT2D eigenvalue weighted by Crippen LogP contribution is -2.34. The van der Waals surface area contributed by atoms with Gasteiger partial charge in [-0.15, -0.1) is 0 Å². The molecule has 2 aliphatic rings. The number of ether oxygens (including phenoxy) is 2. The number of halogens is 2. The van der Waals surface area contributed by atoms with Crippen molar-refractivity contribution < 1.29 is 33.3 Å². The van der Waals surface area contributed by atoms with Gasteiger partial charge in [-0.25, -0.2) is 13.6 Å². The van der Waals surface area contributed by atoms with Gasteiger partial charge in [0.05, 0.1) is 16.7 Å². The first kappa shape index (κ1) is 18.0. The van der Waals surface area contributed by atoms with E-state index >= 15 is 0 Å². The number of hydrogen-bond acceptors (Lipinski definition) is 7. The number of benzene rings is 3. The van der Waals surface area contributed by atoms with Crippen molar-refractivity contribution in [3.63, 3.8) is 0 Å². The maximum absolute atomic E-state index is 14.6. The fourth-order valence-electron chi connectivity index (χ4n) is 4.10. The number of hydrogen-bond donors (Lipinski definition) is 4. The molecule has 1 spiro atoms. The van der Waals surface area contributed by atoms with E-state index in [-0.39, 0.29) is 33.9 Å². The molecule has 2 heterocycles. The third-order valence-electron chi connectivity index (χ3n) is 5.43. The summed E-state index contributed by atoms with van der Waals surface area (Å²) in [7, 11) is 1.43. The number of phenols is 2. The van der Waals surface area contributed by atoms with Crippen LogP contribution >= 0.6 is 0 Å². The lowest BCUT2D eigenvalue weighted by atomic mass is 9.77. The highest BCUT2D eigenvalue weighted by molar-refractivity contribution is 5.97. The summed E-state index contributed by atoms with van der Waals surface area (Å²) in [5, 5.41) is 22.8. The van der Waals surface area contributed by atoms with Crippen LogP contribution in [-0.2, 0) is 10.3 Å². The summed E-state index contributed by atoms with van der Waals surface area (Å²) in [5.41, 5.74) is 4.07. The van der Waals surface area contributed by atoms with Crippen molar-refractivity contribution in [3.05, 3.63) is 70.3 Å². The van der Waals surface area contributed by atoms with E-state index in [1.54, 1.807) is 18.2 Å². The number of aromatic hydroxyl groups is 2. The van der Waals surface area contributed by atoms with E-state index in [1.807, 2.05) is 0 Å². The standard InChI is InChI=1S/C21H14F2N2O5/c1-25-15-17(27)13(23)7-11-19(15)29-18-10(6-12(22)16(26)14(18)24)21(11)9-5-3-2-4-8(9)20(28)30-21/h2-7,25-27H,24H2,1H3. The summed E-state index contributed by atoms with van der Waals surface area (Å²) in [6.07, 6.45) is 0. The lowest BCUT2D eigenvalue weighted by molar-refractivity contribution is 0.0222. The molecule has 0 fully saturated rings. The molecule has 3 aromatic carbocycles. The molecule has 152 valence electrons. The fourth-order valence-corrected chi connectivity index (χ4v) is 4.10. The van der Waals surface area contributed by atoms with Gasteiger partial charge in [-0.3, -0.25) is 0 Å². The third-order valence-corrected chi connectivity index (χ3v) is 5.43. The van der Waals surface area contributed by atoms with Crippen molar-refractivity contribution in [3.8, 4) is 23.0 Å². The quantitative estimate of drug-likeness (QED) is 0.274. The van der Waals surface area contributed by atoms with Crippen molar-refractivity contribution in [1.82, 2.24) is 0 Å². The highest BCUT2D eigenvalue weighted by Gasteiger charge is 2.55. The summed E-state index contributed by atoms with van der Waals surface area (Å²) in [5.74, 6) is -4.60. The first-order valence-corrected chi connectivity index (χ1v) is 8.87. The van der Waals surface area contributed by atoms with Gasteiger partial charge >= 0.3 is 5.97 Å². The van der Waals surface area contributed by atoms with Crippen LogP contribution in [0.5, 0.6) is 23.0 Å². The van der Waals surface area contributed by atoms with Crippen LogP contribution in [0.1, 0.15) is 27.0 Å². The Hall–Kier alpha value is -4.01. The van der Waals surface area contributed by atoms with Crippen LogP contribution in [0.3, 0.4) is 0 Å². The van der Waals surface area contributed by atoms with Gasteiger partial charge in [0, 0.05) is 12.6 Å². The molecule has 0 saturated heterocycles. The second kappa shape index (κ2) is 5.76. The molecular formula is C21H14F2N2O5. The predicted octanol–water partition coefficient (Wildman–Crippen LogP) is 3.57. The van der Waals surface area contributed by atoms with Gasteiger partial charge in [0.15, 0.2) is 40.2 Å². The van der Waals surface area contributed by atoms with Gasteiger partial charge in [-0.1, -0.05) is 18.2 Å². The molecule has 5 N–H and O–H groups in total. The maximum atomic E-state index is 14.6. The number of nitrogen functional groups attached to an aromatic ring is 1. The first-order chi connectivity index (χ1) is 14.3. The molecule has 7 nitrogen and oxygen atoms in total. The summed E-state index contributed by atoms with van der Waals surface area (Å²) < 4.78 is 40.7. The van der Waals surface area contributed by atoms with Gasteiger partial charge in [-0.2, -0.15) is 0 Å². The van der Waals surface area contributed by atoms with E-state index in [2.05, 4.69) is 5.32 Å². The Kier molecular flexibility index (Phi) is 3.46. The Bertz CT molecular complexity index is 1280. The molecule has 30 heavy (non-hydrogen) atoms. The van der Waals surface area contributed by atoms with Crippen molar-refractivity contribution in [1.29, 1.82) is 0 Å². The van der Waals surface area contributed by atoms with Crippen molar-refractivity contribution in [2.75, 3.05) is 18.1 Å². The summed E-state index contributed by atoms with van der Waals surface area (Å²) >= 11 is 0. The zero-order valence-corrected chi connectivity index (χ0v) is 15.4. The van der Waals surface area contributed by atoms with Crippen LogP contribution < -0.4 is 15.8 Å². The minimum absolute atomic E-state index is 0.0201. The molecule has 2 aliphatic heterocycles. The number of phenolic OH excluding ortho intramolecular Hbond substituents is 2. The molecule has 0 aromatic heterocycles. The predicted molar refractivity (Wildman–Crippen MR) is 102 cm³/mol. The fraction of sp³-hybridized carbons (Fsp3) is 0.0952. The molecule has 0 aliphatic carbocycles. The minimum Gasteiger partial charge on any atom is -0.503 e. The third kappa shape index (κ3) is 1.98. The number of fused-ring (bicyclic) bond motifs is 6. The van der Waals surface area contributed by atoms with Gasteiger partial charge in [0.1, 0.15) is 11.4 Å². The van der Waals surface area contributed by atoms with Crippen LogP contribution in [0.2, 0.25) is 0 Å². The van der Waals surface area contributed by atoms with E-state index in [1.165, 1.54) is 13.1 Å². The number of nitrogens with two attached hydrogens (primary N) is 1. The van der Waals surface area contributed by atoms with Gasteiger partial charge in [-0.05, 0) is 18.2 Å². The summed E-state index contributed by atoms with van der Waals surface area (Å²) in [6.45, 7) is 0. The van der Waals surface area contributed by atoms with Crippen LogP contribution in [0, 0.1) is 11.6 Å². The molecule has 1 unspecified atom stereocenters. The van der Waals surface area contributed by atoms with E-state index in [0.29, 0.717) is 5.56 Å². The minimum atomic E-state index is -1.81. The summed E-state index contributed by atoms with van der Waals surface area (Å²) in [6, 6.07) is 8.28. The zero-order valence-electron chi connectivity index (χ0n) is 15.4. The molecule has 0 amide bonds. The SMILES string of the molecule is CNc1c(O)c(F)cc2c1Oc1c(cc(F)c(O)c1N)C21OC(=O)c2ccccc21. The van der Waals surface area contributed by atoms with Crippen molar-refractivity contribution in [2.45, 2.75) is 5.60 Å². The Balaban J connectivity index is 1.99. The second-order valence-corrected chi connectivity index (χ2v) is 6.92. The van der Waals surface area contributed by atoms with E-state index in [9.17, 15) is 23.8 Å². The number of carbonyl (C=O) groups is 1. The van der Waals surface area contributed by atoms with Crippen LogP contribution in [0.25, 0.3) is 0 Å². The lowest BCUT2D eigenvalue weighted by Gasteiger charge is -2.37. The Morgan fingerprint density at radius 2 is 1.63 bits per heavy atom. The average molecular weight is 412 g/mol. The van der Waals surface area contributed by atoms with Gasteiger partial charge in [0.2, 0.25) is 0 Å². The number of nitrogens with one attached hydrogen (secondary N) is 1. The highest BCUT2D eigenvalue weighted by Crippen LogP contribution is 2.61. The Morgan fingerprint density at radius 1 is 1.00 bits per heavy atom. The number of rotatable bonds is 1. The smallest absolute Gasteiger partial charge is 0.340 e. The molecule has 3 aromatic rings. The summed E-state index contributed by atoms with van der Waals surface area (Å²) in [4.78, 5) is 12.7. The zero-order chi connectivity index (χ0) is 21.4. The molecule has 9 heteroatoms. The molecule has 5 rings (SSSR count). The van der Waals surface area contributed by atoms with Crippen LogP contribution in [0.4, 0.5) is 20.2 Å². The number of esters is 1. The average Bonchev–Trinajstić information content (AvgIpc) is 3.03. The number of carbonyl (C=O) groups excluding carboxylic acids is 1.